The van der Waals surface area contributed by atoms with Crippen LogP contribution in [0.25, 0.3) is 0 Å². The maximum Gasteiger partial charge on any atom is 0.239 e. The lowest BCUT2D eigenvalue weighted by Crippen LogP contribution is -2.51. The van der Waals surface area contributed by atoms with Crippen molar-refractivity contribution < 1.29 is 14.3 Å². The molecule has 130 valence electrons. The first-order valence-electron chi connectivity index (χ1n) is 7.30. The average molecular weight is 426 g/mol. The Kier molecular flexibility index (Phi) is 10.7. The molecule has 8 heteroatoms. The molecule has 2 N–H and O–H groups in total. The van der Waals surface area contributed by atoms with Crippen LogP contribution in [0.1, 0.15) is 0 Å². The molecular formula is C15H22BrClN2O3S. The number of hydrogen-bond acceptors (Lipinski definition) is 5. The van der Waals surface area contributed by atoms with Gasteiger partial charge in [0.1, 0.15) is 11.8 Å². The number of carbonyl (C=O) groups is 1. The van der Waals surface area contributed by atoms with E-state index in [1.54, 1.807) is 11.8 Å². The third-order valence-electron chi connectivity index (χ3n) is 3.08. The van der Waals surface area contributed by atoms with Crippen molar-refractivity contribution in [3.05, 3.63) is 28.7 Å². The molecule has 23 heavy (non-hydrogen) atoms. The first-order chi connectivity index (χ1) is 10.8. The van der Waals surface area contributed by atoms with Crippen molar-refractivity contribution in [2.75, 3.05) is 44.4 Å². The highest BCUT2D eigenvalue weighted by Gasteiger charge is 2.20. The molecule has 1 atom stereocenters. The minimum Gasteiger partial charge on any atom is -0.493 e. The van der Waals surface area contributed by atoms with Crippen LogP contribution in [0.3, 0.4) is 0 Å². The lowest BCUT2D eigenvalue weighted by molar-refractivity contribution is -0.125. The molecule has 1 aromatic rings. The molecule has 1 aliphatic heterocycles. The van der Waals surface area contributed by atoms with Gasteiger partial charge in [-0.25, -0.2) is 0 Å². The van der Waals surface area contributed by atoms with E-state index < -0.39 is 0 Å². The second-order valence-corrected chi connectivity index (χ2v) is 6.93. The van der Waals surface area contributed by atoms with Crippen molar-refractivity contribution in [2.45, 2.75) is 6.04 Å². The van der Waals surface area contributed by atoms with Gasteiger partial charge in [-0.2, -0.15) is 11.8 Å². The summed E-state index contributed by atoms with van der Waals surface area (Å²) in [5, 5.41) is 6.05. The van der Waals surface area contributed by atoms with Gasteiger partial charge in [0.2, 0.25) is 5.91 Å². The SMILES string of the molecule is Cl.O=C(NCCSCCOc1cccc(Br)c1)C1COCCN1. The molecule has 1 fully saturated rings. The molecule has 0 radical (unpaired) electrons. The molecular weight excluding hydrogens is 404 g/mol. The van der Waals surface area contributed by atoms with E-state index in [0.29, 0.717) is 26.4 Å². The highest BCUT2D eigenvalue weighted by Crippen LogP contribution is 2.17. The molecule has 1 heterocycles. The molecule has 0 saturated carbocycles. The van der Waals surface area contributed by atoms with E-state index in [1.807, 2.05) is 24.3 Å². The van der Waals surface area contributed by atoms with Gasteiger partial charge in [0.15, 0.2) is 0 Å². The third-order valence-corrected chi connectivity index (χ3v) is 4.52. The largest absolute Gasteiger partial charge is 0.493 e. The van der Waals surface area contributed by atoms with Crippen molar-refractivity contribution in [3.8, 4) is 5.75 Å². The summed E-state index contributed by atoms with van der Waals surface area (Å²) in [6, 6.07) is 7.60. The Bertz CT molecular complexity index is 476. The Hall–Kier alpha value is -0.470. The number of morpholine rings is 1. The summed E-state index contributed by atoms with van der Waals surface area (Å²) in [7, 11) is 0. The fourth-order valence-corrected chi connectivity index (χ4v) is 3.01. The van der Waals surface area contributed by atoms with E-state index in [2.05, 4.69) is 26.6 Å². The molecule has 0 bridgehead atoms. The average Bonchev–Trinajstić information content (AvgIpc) is 2.54. The van der Waals surface area contributed by atoms with Crippen LogP contribution in [0.5, 0.6) is 5.75 Å². The van der Waals surface area contributed by atoms with Crippen molar-refractivity contribution >= 4 is 46.0 Å². The summed E-state index contributed by atoms with van der Waals surface area (Å²) < 4.78 is 11.9. The predicted molar refractivity (Wildman–Crippen MR) is 99.8 cm³/mol. The fourth-order valence-electron chi connectivity index (χ4n) is 1.98. The van der Waals surface area contributed by atoms with Crippen LogP contribution in [0.15, 0.2) is 28.7 Å². The smallest absolute Gasteiger partial charge is 0.239 e. The van der Waals surface area contributed by atoms with E-state index in [1.165, 1.54) is 0 Å². The minimum atomic E-state index is -0.210. The maximum absolute atomic E-state index is 11.8. The zero-order valence-corrected chi connectivity index (χ0v) is 16.0. The minimum absolute atomic E-state index is 0. The Morgan fingerprint density at radius 2 is 2.35 bits per heavy atom. The second-order valence-electron chi connectivity index (χ2n) is 4.79. The molecule has 5 nitrogen and oxygen atoms in total. The highest BCUT2D eigenvalue weighted by atomic mass is 79.9. The monoisotopic (exact) mass is 424 g/mol. The summed E-state index contributed by atoms with van der Waals surface area (Å²) in [5.41, 5.74) is 0. The number of nitrogens with one attached hydrogen (secondary N) is 2. The topological polar surface area (TPSA) is 59.6 Å². The van der Waals surface area contributed by atoms with E-state index in [9.17, 15) is 4.79 Å². The van der Waals surface area contributed by atoms with Gasteiger partial charge >= 0.3 is 0 Å². The van der Waals surface area contributed by atoms with Gasteiger partial charge < -0.3 is 20.1 Å². The van der Waals surface area contributed by atoms with E-state index in [0.717, 1.165) is 28.3 Å². The quantitative estimate of drug-likeness (QED) is 0.625. The first kappa shape index (κ1) is 20.6. The van der Waals surface area contributed by atoms with Crippen LogP contribution >= 0.6 is 40.1 Å². The summed E-state index contributed by atoms with van der Waals surface area (Å²) >= 11 is 5.17. The number of rotatable bonds is 8. The maximum atomic E-state index is 11.8. The van der Waals surface area contributed by atoms with E-state index in [4.69, 9.17) is 9.47 Å². The fraction of sp³-hybridized carbons (Fsp3) is 0.533. The second kappa shape index (κ2) is 12.0. The number of benzene rings is 1. The lowest BCUT2D eigenvalue weighted by atomic mass is 10.2. The standard InChI is InChI=1S/C15H21BrN2O3S.ClH/c16-12-2-1-3-13(10-12)21-7-9-22-8-5-18-15(19)14-11-20-6-4-17-14;/h1-3,10,14,17H,4-9,11H2,(H,18,19);1H. The summed E-state index contributed by atoms with van der Waals surface area (Å²) in [6.45, 7) is 3.20. The molecule has 1 aromatic carbocycles. The van der Waals surface area contributed by atoms with Crippen LogP contribution in [0, 0.1) is 0 Å². The number of halogens is 2. The van der Waals surface area contributed by atoms with Gasteiger partial charge in [0, 0.05) is 29.1 Å². The highest BCUT2D eigenvalue weighted by molar-refractivity contribution is 9.10. The Morgan fingerprint density at radius 1 is 1.48 bits per heavy atom. The lowest BCUT2D eigenvalue weighted by Gasteiger charge is -2.22. The summed E-state index contributed by atoms with van der Waals surface area (Å²) in [4.78, 5) is 11.8. The van der Waals surface area contributed by atoms with Crippen LogP contribution in [0.2, 0.25) is 0 Å². The number of hydrogen-bond donors (Lipinski definition) is 2. The normalized spacial score (nSPS) is 17.2. The van der Waals surface area contributed by atoms with Crippen molar-refractivity contribution in [3.63, 3.8) is 0 Å². The third kappa shape index (κ3) is 8.26. The van der Waals surface area contributed by atoms with Crippen molar-refractivity contribution in [1.82, 2.24) is 10.6 Å². The van der Waals surface area contributed by atoms with Crippen LogP contribution in [0.4, 0.5) is 0 Å². The molecule has 1 saturated heterocycles. The zero-order chi connectivity index (χ0) is 15.6. The number of thioether (sulfide) groups is 1. The Balaban J connectivity index is 0.00000264. The van der Waals surface area contributed by atoms with Gasteiger partial charge in [0.05, 0.1) is 19.8 Å². The predicted octanol–water partition coefficient (Wildman–Crippen LogP) is 2.09. The van der Waals surface area contributed by atoms with E-state index >= 15 is 0 Å². The Morgan fingerprint density at radius 3 is 3.09 bits per heavy atom. The van der Waals surface area contributed by atoms with Gasteiger partial charge in [-0.15, -0.1) is 12.4 Å². The molecule has 0 spiro atoms. The molecule has 2 rings (SSSR count). The number of amides is 1. The summed E-state index contributed by atoms with van der Waals surface area (Å²) in [6.07, 6.45) is 0. The van der Waals surface area contributed by atoms with Gasteiger partial charge in [-0.05, 0) is 18.2 Å². The molecule has 0 aromatic heterocycles. The molecule has 1 unspecified atom stereocenters. The Labute approximate surface area is 155 Å². The van der Waals surface area contributed by atoms with E-state index in [-0.39, 0.29) is 24.4 Å². The van der Waals surface area contributed by atoms with Crippen LogP contribution < -0.4 is 15.4 Å². The summed E-state index contributed by atoms with van der Waals surface area (Å²) in [5.74, 6) is 2.66. The van der Waals surface area contributed by atoms with Gasteiger partial charge in [0.25, 0.3) is 0 Å². The molecule has 1 amide bonds. The van der Waals surface area contributed by atoms with Crippen molar-refractivity contribution in [2.24, 2.45) is 0 Å². The molecule has 1 aliphatic rings. The zero-order valence-electron chi connectivity index (χ0n) is 12.8. The van der Waals surface area contributed by atoms with Gasteiger partial charge in [-0.1, -0.05) is 22.0 Å². The number of ether oxygens (including phenoxy) is 2. The number of carbonyl (C=O) groups excluding carboxylic acids is 1. The van der Waals surface area contributed by atoms with Crippen LogP contribution in [-0.4, -0.2) is 56.4 Å². The van der Waals surface area contributed by atoms with Gasteiger partial charge in [-0.3, -0.25) is 4.79 Å². The molecule has 0 aliphatic carbocycles. The first-order valence-corrected chi connectivity index (χ1v) is 9.25. The van der Waals surface area contributed by atoms with Crippen LogP contribution in [-0.2, 0) is 9.53 Å². The van der Waals surface area contributed by atoms with Crippen molar-refractivity contribution in [1.29, 1.82) is 0 Å².